The molecule has 2 N–H and O–H groups in total. The minimum absolute atomic E-state index is 0.0199. The van der Waals surface area contributed by atoms with Crippen LogP contribution < -0.4 is 10.6 Å². The van der Waals surface area contributed by atoms with Gasteiger partial charge in [-0.05, 0) is 52.2 Å². The van der Waals surface area contributed by atoms with Gasteiger partial charge in [0.15, 0.2) is 5.79 Å². The van der Waals surface area contributed by atoms with Crippen LogP contribution in [0.1, 0.15) is 65.0 Å². The molecule has 2 aromatic rings. The van der Waals surface area contributed by atoms with E-state index in [1.807, 2.05) is 60.7 Å². The van der Waals surface area contributed by atoms with E-state index in [-0.39, 0.29) is 44.9 Å². The van der Waals surface area contributed by atoms with Gasteiger partial charge in [0.05, 0.1) is 12.5 Å². The summed E-state index contributed by atoms with van der Waals surface area (Å²) in [6.45, 7) is 8.94. The fraction of sp³-hybridized carbons (Fsp3) is 0.529. The summed E-state index contributed by atoms with van der Waals surface area (Å²) in [5.74, 6) is -2.39. The highest BCUT2D eigenvalue weighted by molar-refractivity contribution is 5.83. The highest BCUT2D eigenvalue weighted by Gasteiger charge is 2.55. The van der Waals surface area contributed by atoms with Crippen molar-refractivity contribution in [1.29, 1.82) is 0 Å². The van der Waals surface area contributed by atoms with E-state index < -0.39 is 59.9 Å². The molecule has 250 valence electrons. The molecule has 46 heavy (non-hydrogen) atoms. The van der Waals surface area contributed by atoms with Crippen LogP contribution >= 0.6 is 0 Å². The number of amides is 2. The molecule has 2 amide bonds. The molecular weight excluding hydrogens is 596 g/mol. The van der Waals surface area contributed by atoms with Crippen LogP contribution in [0.3, 0.4) is 0 Å². The van der Waals surface area contributed by atoms with E-state index in [9.17, 15) is 19.2 Å². The molecule has 2 aromatic carbocycles. The average molecular weight is 641 g/mol. The van der Waals surface area contributed by atoms with Crippen LogP contribution in [0.25, 0.3) is 0 Å². The van der Waals surface area contributed by atoms with Gasteiger partial charge >= 0.3 is 18.0 Å². The molecule has 0 radical (unpaired) electrons. The molecule has 0 saturated carbocycles. The fourth-order valence-electron chi connectivity index (χ4n) is 5.17. The van der Waals surface area contributed by atoms with Crippen LogP contribution in [0.15, 0.2) is 60.7 Å². The van der Waals surface area contributed by atoms with Crippen molar-refractivity contribution in [2.24, 2.45) is 0 Å². The van der Waals surface area contributed by atoms with Gasteiger partial charge in [-0.25, -0.2) is 9.59 Å². The van der Waals surface area contributed by atoms with Gasteiger partial charge < -0.3 is 39.1 Å². The summed E-state index contributed by atoms with van der Waals surface area (Å²) in [4.78, 5) is 50.9. The maximum atomic E-state index is 12.9. The molecule has 5 atom stereocenters. The highest BCUT2D eigenvalue weighted by atomic mass is 16.8. The highest BCUT2D eigenvalue weighted by Crippen LogP contribution is 2.39. The van der Waals surface area contributed by atoms with Gasteiger partial charge in [0, 0.05) is 13.0 Å². The van der Waals surface area contributed by atoms with Crippen molar-refractivity contribution >= 4 is 23.9 Å². The summed E-state index contributed by atoms with van der Waals surface area (Å²) in [5, 5.41) is 5.34. The zero-order valence-electron chi connectivity index (χ0n) is 27.0. The summed E-state index contributed by atoms with van der Waals surface area (Å²) < 4.78 is 34.4. The Balaban J connectivity index is 1.28. The summed E-state index contributed by atoms with van der Waals surface area (Å²) >= 11 is 0. The second-order valence-electron chi connectivity index (χ2n) is 12.8. The second kappa shape index (κ2) is 15.5. The van der Waals surface area contributed by atoms with Crippen molar-refractivity contribution in [1.82, 2.24) is 10.6 Å². The average Bonchev–Trinajstić information content (AvgIpc) is 3.48. The van der Waals surface area contributed by atoms with Crippen LogP contribution in [0.2, 0.25) is 0 Å². The molecule has 0 aliphatic carbocycles. The molecule has 4 rings (SSSR count). The largest absolute Gasteiger partial charge is 0.461 e. The van der Waals surface area contributed by atoms with Gasteiger partial charge in [0.25, 0.3) is 0 Å². The first kappa shape index (κ1) is 34.9. The normalized spacial score (nSPS) is 22.3. The van der Waals surface area contributed by atoms with Crippen molar-refractivity contribution in [3.63, 3.8) is 0 Å². The Labute approximate surface area is 269 Å². The Morgan fingerprint density at radius 1 is 0.848 bits per heavy atom. The molecule has 12 nitrogen and oxygen atoms in total. The minimum atomic E-state index is -1.11. The third-order valence-corrected chi connectivity index (χ3v) is 7.21. The van der Waals surface area contributed by atoms with Crippen LogP contribution in [0.5, 0.6) is 0 Å². The molecule has 0 bridgehead atoms. The number of carbonyl (C=O) groups is 4. The maximum Gasteiger partial charge on any atom is 0.408 e. The number of nitrogens with one attached hydrogen (secondary N) is 2. The molecule has 0 unspecified atom stereocenters. The molecule has 2 aliphatic rings. The number of fused-ring (bicyclic) bond motifs is 1. The summed E-state index contributed by atoms with van der Waals surface area (Å²) in [6.07, 6.45) is -3.22. The van der Waals surface area contributed by atoms with Gasteiger partial charge in [0.1, 0.15) is 43.2 Å². The molecule has 2 saturated heterocycles. The topological polar surface area (TPSA) is 148 Å². The van der Waals surface area contributed by atoms with E-state index in [0.29, 0.717) is 0 Å². The van der Waals surface area contributed by atoms with E-state index in [2.05, 4.69) is 10.6 Å². The number of rotatable bonds is 13. The quantitative estimate of drug-likeness (QED) is 0.244. The lowest BCUT2D eigenvalue weighted by Gasteiger charge is -2.25. The number of carbonyl (C=O) groups excluding carboxylic acids is 4. The van der Waals surface area contributed by atoms with Gasteiger partial charge in [0.2, 0.25) is 5.91 Å². The number of ether oxygens (including phenoxy) is 6. The van der Waals surface area contributed by atoms with Crippen LogP contribution in [0.4, 0.5) is 4.79 Å². The van der Waals surface area contributed by atoms with E-state index in [4.69, 9.17) is 28.4 Å². The van der Waals surface area contributed by atoms with Crippen molar-refractivity contribution < 1.29 is 47.6 Å². The smallest absolute Gasteiger partial charge is 0.408 e. The van der Waals surface area contributed by atoms with Gasteiger partial charge in [-0.3, -0.25) is 9.59 Å². The third kappa shape index (κ3) is 10.8. The number of benzene rings is 2. The van der Waals surface area contributed by atoms with Gasteiger partial charge in [-0.2, -0.15) is 0 Å². The van der Waals surface area contributed by atoms with E-state index in [0.717, 1.165) is 11.1 Å². The molecule has 12 heteroatoms. The fourth-order valence-corrected chi connectivity index (χ4v) is 5.17. The Morgan fingerprint density at radius 2 is 1.41 bits per heavy atom. The van der Waals surface area contributed by atoms with E-state index in [1.54, 1.807) is 34.6 Å². The van der Waals surface area contributed by atoms with Crippen LogP contribution in [-0.2, 0) is 56.0 Å². The molecule has 2 fully saturated rings. The lowest BCUT2D eigenvalue weighted by atomic mass is 10.1. The number of hydrogen-bond donors (Lipinski definition) is 2. The molecule has 0 aromatic heterocycles. The van der Waals surface area contributed by atoms with Crippen LogP contribution in [-0.4, -0.2) is 72.3 Å². The van der Waals surface area contributed by atoms with Crippen LogP contribution in [0, 0.1) is 0 Å². The second-order valence-corrected chi connectivity index (χ2v) is 12.8. The summed E-state index contributed by atoms with van der Waals surface area (Å²) in [7, 11) is 0. The van der Waals surface area contributed by atoms with E-state index >= 15 is 0 Å². The predicted octanol–water partition coefficient (Wildman–Crippen LogP) is 3.94. The first-order valence-corrected chi connectivity index (χ1v) is 15.5. The maximum absolute atomic E-state index is 12.9. The SMILES string of the molecule is CC(C)(C)OC(=O)[C@H](CCC(=O)NC[C@H]1O[C@@H](CC(=O)OCc2ccccc2)[C@@H]2OC(C)(C)O[C@@H]21)NC(=O)OCc1ccccc1. The van der Waals surface area contributed by atoms with Crippen molar-refractivity contribution in [3.8, 4) is 0 Å². The van der Waals surface area contributed by atoms with Crippen molar-refractivity contribution in [2.45, 2.75) is 109 Å². The number of hydrogen-bond acceptors (Lipinski definition) is 10. The first-order valence-electron chi connectivity index (χ1n) is 15.5. The number of esters is 2. The lowest BCUT2D eigenvalue weighted by Crippen LogP contribution is -2.45. The Bertz CT molecular complexity index is 1330. The molecule has 2 aliphatic heterocycles. The Hall–Kier alpha value is -4.00. The standard InChI is InChI=1S/C34H44N2O10/c1-33(2,3)46-31(39)24(36-32(40)42-21-23-14-10-7-11-15-23)16-17-27(37)35-19-26-30-29(44-34(4,5)45-30)25(43-26)18-28(38)41-20-22-12-8-6-9-13-22/h6-15,24-26,29-30H,16-21H2,1-5H3,(H,35,37)(H,36,40)/t24-,25-,26+,29-,30+/m0/s1. The minimum Gasteiger partial charge on any atom is -0.461 e. The lowest BCUT2D eigenvalue weighted by molar-refractivity contribution is -0.189. The predicted molar refractivity (Wildman–Crippen MR) is 165 cm³/mol. The van der Waals surface area contributed by atoms with Gasteiger partial charge in [-0.1, -0.05) is 60.7 Å². The summed E-state index contributed by atoms with van der Waals surface area (Å²) in [6, 6.07) is 17.4. The summed E-state index contributed by atoms with van der Waals surface area (Å²) in [5.41, 5.74) is 0.857. The molecule has 0 spiro atoms. The van der Waals surface area contributed by atoms with E-state index in [1.165, 1.54) is 0 Å². The first-order chi connectivity index (χ1) is 21.8. The zero-order chi connectivity index (χ0) is 33.3. The monoisotopic (exact) mass is 640 g/mol. The Morgan fingerprint density at radius 3 is 2.00 bits per heavy atom. The molecular formula is C34H44N2O10. The zero-order valence-corrected chi connectivity index (χ0v) is 27.0. The van der Waals surface area contributed by atoms with Crippen molar-refractivity contribution in [3.05, 3.63) is 71.8 Å². The molecule has 2 heterocycles. The van der Waals surface area contributed by atoms with Gasteiger partial charge in [-0.15, -0.1) is 0 Å². The van der Waals surface area contributed by atoms with Crippen molar-refractivity contribution in [2.75, 3.05) is 6.54 Å². The third-order valence-electron chi connectivity index (χ3n) is 7.21. The number of alkyl carbamates (subject to hydrolysis) is 1. The Kier molecular flexibility index (Phi) is 11.8.